The summed E-state index contributed by atoms with van der Waals surface area (Å²) in [5.41, 5.74) is 0. The number of aliphatic hydroxyl groups excluding tert-OH is 2. The smallest absolute Gasteiger partial charge is 0.0639 e. The lowest BCUT2D eigenvalue weighted by Gasteiger charge is -2.35. The number of aliphatic hydroxyl groups is 2. The molecular weight excluding hydrogens is 180 g/mol. The highest BCUT2D eigenvalue weighted by Gasteiger charge is 2.18. The standard InChI is InChI=1S/C10H22N2O2/c1-9(13)7-11-3-5-12(6-4-11)8-10(2)14/h9-10,13-14H,3-8H2,1-2H3. The van der Waals surface area contributed by atoms with Gasteiger partial charge in [0.05, 0.1) is 12.2 Å². The third-order valence-corrected chi connectivity index (χ3v) is 2.51. The summed E-state index contributed by atoms with van der Waals surface area (Å²) in [5.74, 6) is 0. The molecule has 2 unspecified atom stereocenters. The molecule has 14 heavy (non-hydrogen) atoms. The molecule has 1 rings (SSSR count). The third-order valence-electron chi connectivity index (χ3n) is 2.51. The molecule has 0 aliphatic carbocycles. The van der Waals surface area contributed by atoms with Crippen molar-refractivity contribution in [1.29, 1.82) is 0 Å². The Hall–Kier alpha value is -0.160. The summed E-state index contributed by atoms with van der Waals surface area (Å²) in [4.78, 5) is 4.53. The van der Waals surface area contributed by atoms with E-state index in [2.05, 4.69) is 9.80 Å². The Balaban J connectivity index is 2.17. The van der Waals surface area contributed by atoms with E-state index in [1.807, 2.05) is 13.8 Å². The van der Waals surface area contributed by atoms with Crippen LogP contribution in [-0.4, -0.2) is 71.5 Å². The Bertz CT molecular complexity index is 136. The van der Waals surface area contributed by atoms with Gasteiger partial charge in [-0.3, -0.25) is 9.80 Å². The minimum Gasteiger partial charge on any atom is -0.392 e. The van der Waals surface area contributed by atoms with Gasteiger partial charge < -0.3 is 10.2 Å². The maximum atomic E-state index is 9.22. The molecule has 1 heterocycles. The second kappa shape index (κ2) is 5.66. The number of rotatable bonds is 4. The molecule has 4 heteroatoms. The fraction of sp³-hybridized carbons (Fsp3) is 1.00. The van der Waals surface area contributed by atoms with Gasteiger partial charge >= 0.3 is 0 Å². The van der Waals surface area contributed by atoms with Crippen molar-refractivity contribution in [3.8, 4) is 0 Å². The van der Waals surface area contributed by atoms with E-state index in [4.69, 9.17) is 0 Å². The summed E-state index contributed by atoms with van der Waals surface area (Å²) in [5, 5.41) is 18.4. The van der Waals surface area contributed by atoms with Crippen LogP contribution in [0, 0.1) is 0 Å². The van der Waals surface area contributed by atoms with Gasteiger partial charge in [0.2, 0.25) is 0 Å². The predicted molar refractivity (Wildman–Crippen MR) is 56.2 cm³/mol. The summed E-state index contributed by atoms with van der Waals surface area (Å²) >= 11 is 0. The molecule has 0 aromatic heterocycles. The lowest BCUT2D eigenvalue weighted by atomic mass is 10.2. The average Bonchev–Trinajstić information content (AvgIpc) is 2.06. The first-order chi connectivity index (χ1) is 6.58. The molecule has 1 aliphatic rings. The topological polar surface area (TPSA) is 46.9 Å². The molecule has 0 saturated carbocycles. The highest BCUT2D eigenvalue weighted by molar-refractivity contribution is 4.74. The number of hydrogen-bond donors (Lipinski definition) is 2. The summed E-state index contributed by atoms with van der Waals surface area (Å²) in [6.07, 6.45) is -0.475. The van der Waals surface area contributed by atoms with Crippen molar-refractivity contribution >= 4 is 0 Å². The maximum absolute atomic E-state index is 9.22. The predicted octanol–water partition coefficient (Wildman–Crippen LogP) is -0.634. The Labute approximate surface area is 86.1 Å². The van der Waals surface area contributed by atoms with Crippen LogP contribution in [0.3, 0.4) is 0 Å². The zero-order valence-electron chi connectivity index (χ0n) is 9.19. The van der Waals surface area contributed by atoms with Gasteiger partial charge in [0, 0.05) is 39.3 Å². The number of nitrogens with zero attached hydrogens (tertiary/aromatic N) is 2. The molecule has 0 aromatic carbocycles. The van der Waals surface area contributed by atoms with E-state index in [0.29, 0.717) is 0 Å². The van der Waals surface area contributed by atoms with Crippen molar-refractivity contribution in [2.75, 3.05) is 39.3 Å². The van der Waals surface area contributed by atoms with Crippen LogP contribution in [0.15, 0.2) is 0 Å². The van der Waals surface area contributed by atoms with Crippen LogP contribution in [0.4, 0.5) is 0 Å². The maximum Gasteiger partial charge on any atom is 0.0639 e. The first-order valence-electron chi connectivity index (χ1n) is 5.38. The van der Waals surface area contributed by atoms with Gasteiger partial charge in [0.1, 0.15) is 0 Å². The number of β-amino-alcohol motifs (C(OH)–C–C–N with tert-alkyl or cyclic N) is 2. The van der Waals surface area contributed by atoms with Crippen molar-refractivity contribution < 1.29 is 10.2 Å². The Morgan fingerprint density at radius 2 is 1.14 bits per heavy atom. The Kier molecular flexibility index (Phi) is 4.81. The number of hydrogen-bond acceptors (Lipinski definition) is 4. The van der Waals surface area contributed by atoms with E-state index in [1.165, 1.54) is 0 Å². The molecule has 1 aliphatic heterocycles. The van der Waals surface area contributed by atoms with Crippen LogP contribution < -0.4 is 0 Å². The van der Waals surface area contributed by atoms with Crippen molar-refractivity contribution in [3.05, 3.63) is 0 Å². The molecule has 1 fully saturated rings. The van der Waals surface area contributed by atoms with E-state index >= 15 is 0 Å². The molecule has 0 spiro atoms. The quantitative estimate of drug-likeness (QED) is 0.637. The summed E-state index contributed by atoms with van der Waals surface area (Å²) in [6, 6.07) is 0. The molecule has 0 amide bonds. The zero-order chi connectivity index (χ0) is 10.6. The van der Waals surface area contributed by atoms with Crippen molar-refractivity contribution in [2.24, 2.45) is 0 Å². The molecule has 0 radical (unpaired) electrons. The summed E-state index contributed by atoms with van der Waals surface area (Å²) in [6.45, 7) is 9.17. The highest BCUT2D eigenvalue weighted by Crippen LogP contribution is 2.03. The van der Waals surface area contributed by atoms with Gasteiger partial charge in [-0.2, -0.15) is 0 Å². The van der Waals surface area contributed by atoms with E-state index < -0.39 is 0 Å². The van der Waals surface area contributed by atoms with Gasteiger partial charge in [-0.1, -0.05) is 0 Å². The lowest BCUT2D eigenvalue weighted by molar-refractivity contribution is 0.0576. The molecule has 2 atom stereocenters. The van der Waals surface area contributed by atoms with E-state index in [1.54, 1.807) is 0 Å². The highest BCUT2D eigenvalue weighted by atomic mass is 16.3. The van der Waals surface area contributed by atoms with E-state index in [9.17, 15) is 10.2 Å². The average molecular weight is 202 g/mol. The van der Waals surface area contributed by atoms with Crippen molar-refractivity contribution in [3.63, 3.8) is 0 Å². The van der Waals surface area contributed by atoms with Crippen LogP contribution >= 0.6 is 0 Å². The van der Waals surface area contributed by atoms with Gasteiger partial charge in [0.15, 0.2) is 0 Å². The second-order valence-corrected chi connectivity index (χ2v) is 4.30. The fourth-order valence-corrected chi connectivity index (χ4v) is 1.90. The van der Waals surface area contributed by atoms with Crippen LogP contribution in [0.25, 0.3) is 0 Å². The monoisotopic (exact) mass is 202 g/mol. The van der Waals surface area contributed by atoms with E-state index in [-0.39, 0.29) is 12.2 Å². The van der Waals surface area contributed by atoms with Gasteiger partial charge in [-0.15, -0.1) is 0 Å². The van der Waals surface area contributed by atoms with Crippen LogP contribution in [0.5, 0.6) is 0 Å². The summed E-state index contributed by atoms with van der Waals surface area (Å²) < 4.78 is 0. The Morgan fingerprint density at radius 1 is 0.857 bits per heavy atom. The minimum absolute atomic E-state index is 0.238. The summed E-state index contributed by atoms with van der Waals surface area (Å²) in [7, 11) is 0. The van der Waals surface area contributed by atoms with Crippen LogP contribution in [0.2, 0.25) is 0 Å². The largest absolute Gasteiger partial charge is 0.392 e. The normalized spacial score (nSPS) is 24.9. The first kappa shape index (κ1) is 11.9. The lowest BCUT2D eigenvalue weighted by Crippen LogP contribution is -2.49. The SMILES string of the molecule is CC(O)CN1CCN(CC(C)O)CC1. The second-order valence-electron chi connectivity index (χ2n) is 4.30. The zero-order valence-corrected chi connectivity index (χ0v) is 9.19. The van der Waals surface area contributed by atoms with Crippen molar-refractivity contribution in [1.82, 2.24) is 9.80 Å². The van der Waals surface area contributed by atoms with E-state index in [0.717, 1.165) is 39.3 Å². The van der Waals surface area contributed by atoms with Crippen molar-refractivity contribution in [2.45, 2.75) is 26.1 Å². The van der Waals surface area contributed by atoms with Crippen LogP contribution in [-0.2, 0) is 0 Å². The molecule has 84 valence electrons. The van der Waals surface area contributed by atoms with Gasteiger partial charge in [-0.05, 0) is 13.8 Å². The molecule has 1 saturated heterocycles. The first-order valence-corrected chi connectivity index (χ1v) is 5.38. The fourth-order valence-electron chi connectivity index (χ4n) is 1.90. The minimum atomic E-state index is -0.238. The molecule has 2 N–H and O–H groups in total. The Morgan fingerprint density at radius 3 is 1.36 bits per heavy atom. The van der Waals surface area contributed by atoms with Gasteiger partial charge in [0.25, 0.3) is 0 Å². The van der Waals surface area contributed by atoms with Crippen LogP contribution in [0.1, 0.15) is 13.8 Å². The van der Waals surface area contributed by atoms with Gasteiger partial charge in [-0.25, -0.2) is 0 Å². The molecule has 0 aromatic rings. The molecular formula is C10H22N2O2. The molecule has 4 nitrogen and oxygen atoms in total. The third kappa shape index (κ3) is 4.37. The molecule has 0 bridgehead atoms. The number of piperazine rings is 1.